The summed E-state index contributed by atoms with van der Waals surface area (Å²) in [5.41, 5.74) is 0.479. The zero-order chi connectivity index (χ0) is 33.1. The topological polar surface area (TPSA) is 156 Å². The van der Waals surface area contributed by atoms with Crippen LogP contribution in [-0.2, 0) is 0 Å². The Hall–Kier alpha value is -6.48. The van der Waals surface area contributed by atoms with Crippen molar-refractivity contribution in [1.82, 2.24) is 0 Å². The second-order valence-corrected chi connectivity index (χ2v) is 11.3. The predicted molar refractivity (Wildman–Crippen MR) is 172 cm³/mol. The number of benzene rings is 1. The second-order valence-electron chi connectivity index (χ2n) is 11.3. The average Bonchev–Trinajstić information content (AvgIpc) is 3.29. The molecule has 0 atom stereocenters. The van der Waals surface area contributed by atoms with Crippen LogP contribution in [0, 0.1) is 45.3 Å². The van der Waals surface area contributed by atoms with Crippen LogP contribution in [0.5, 0.6) is 0 Å². The van der Waals surface area contributed by atoms with Crippen molar-refractivity contribution in [3.05, 3.63) is 132 Å². The van der Waals surface area contributed by atoms with E-state index < -0.39 is 16.8 Å². The van der Waals surface area contributed by atoms with E-state index in [2.05, 4.69) is 0 Å². The fraction of sp³-hybridized carbons (Fsp3) is 0.158. The molecule has 46 heavy (non-hydrogen) atoms. The van der Waals surface area contributed by atoms with Crippen LogP contribution in [0.2, 0.25) is 0 Å². The van der Waals surface area contributed by atoms with E-state index in [-0.39, 0.29) is 51.2 Å². The molecule has 4 aliphatic rings. The summed E-state index contributed by atoms with van der Waals surface area (Å²) in [6.07, 6.45) is 0. The Morgan fingerprint density at radius 2 is 1.07 bits per heavy atom. The number of furan rings is 2. The van der Waals surface area contributed by atoms with Crippen LogP contribution in [0.1, 0.15) is 61.8 Å². The molecule has 0 fully saturated rings. The molecule has 8 heteroatoms. The molecule has 2 heterocycles. The van der Waals surface area contributed by atoms with Crippen molar-refractivity contribution >= 4 is 16.7 Å². The minimum Gasteiger partial charge on any atom is -0.422 e. The summed E-state index contributed by atoms with van der Waals surface area (Å²) in [4.78, 5) is 27.6. The minimum absolute atomic E-state index is 0.0433. The molecule has 0 unspecified atom stereocenters. The SMILES string of the molecule is CC(C)c1cccc2oc(=O)c(C(=C(C#N)C#N)C(c3c4cc(C(C)C)cccc-4oc3=O)=c3ccc(=C(C#N)C#N)cc3)c-2c1. The van der Waals surface area contributed by atoms with Crippen molar-refractivity contribution in [2.24, 2.45) is 0 Å². The quantitative estimate of drug-likeness (QED) is 0.224. The van der Waals surface area contributed by atoms with Crippen LogP contribution in [0.25, 0.3) is 39.4 Å². The highest BCUT2D eigenvalue weighted by Gasteiger charge is 2.32. The highest BCUT2D eigenvalue weighted by atomic mass is 16.4. The summed E-state index contributed by atoms with van der Waals surface area (Å²) in [5.74, 6) is 0.652. The number of rotatable bonds is 5. The summed E-state index contributed by atoms with van der Waals surface area (Å²) < 4.78 is 11.4. The number of allylic oxidation sites excluding steroid dienone is 2. The van der Waals surface area contributed by atoms with E-state index in [9.17, 15) is 30.6 Å². The maximum absolute atomic E-state index is 13.9. The molecule has 0 bridgehead atoms. The summed E-state index contributed by atoms with van der Waals surface area (Å²) in [6.45, 7) is 7.99. The Labute approximate surface area is 264 Å². The van der Waals surface area contributed by atoms with Crippen LogP contribution < -0.4 is 21.7 Å². The number of nitrogens with zero attached hydrogens (tertiary/aromatic N) is 4. The molecule has 222 valence electrons. The first kappa shape index (κ1) is 31.0. The molecule has 0 saturated carbocycles. The summed E-state index contributed by atoms with van der Waals surface area (Å²) >= 11 is 0. The van der Waals surface area contributed by atoms with Gasteiger partial charge in [0.15, 0.2) is 0 Å². The zero-order valence-corrected chi connectivity index (χ0v) is 25.5. The Kier molecular flexibility index (Phi) is 8.50. The van der Waals surface area contributed by atoms with E-state index in [0.29, 0.717) is 21.6 Å². The molecule has 0 radical (unpaired) electrons. The van der Waals surface area contributed by atoms with Crippen molar-refractivity contribution < 1.29 is 8.83 Å². The molecule has 2 aliphatic heterocycles. The first-order valence-electron chi connectivity index (χ1n) is 14.5. The maximum Gasteiger partial charge on any atom is 0.345 e. The largest absolute Gasteiger partial charge is 0.422 e. The second kappa shape index (κ2) is 12.6. The highest BCUT2D eigenvalue weighted by Crippen LogP contribution is 2.41. The molecule has 5 rings (SSSR count). The van der Waals surface area contributed by atoms with Gasteiger partial charge in [-0.05, 0) is 52.4 Å². The molecule has 2 aliphatic carbocycles. The van der Waals surface area contributed by atoms with Crippen molar-refractivity contribution in [2.75, 3.05) is 0 Å². The van der Waals surface area contributed by atoms with E-state index >= 15 is 0 Å². The Morgan fingerprint density at radius 3 is 1.52 bits per heavy atom. The third kappa shape index (κ3) is 5.48. The van der Waals surface area contributed by atoms with Crippen LogP contribution in [-0.4, -0.2) is 0 Å². The van der Waals surface area contributed by atoms with Gasteiger partial charge in [-0.2, -0.15) is 21.0 Å². The monoisotopic (exact) mass is 602 g/mol. The fourth-order valence-corrected chi connectivity index (χ4v) is 5.41. The molecule has 0 N–H and O–H groups in total. The van der Waals surface area contributed by atoms with Gasteiger partial charge in [-0.25, -0.2) is 9.59 Å². The van der Waals surface area contributed by atoms with Gasteiger partial charge in [-0.3, -0.25) is 0 Å². The number of fused-ring (bicyclic) bond motifs is 2. The van der Waals surface area contributed by atoms with Crippen molar-refractivity contribution in [1.29, 1.82) is 21.0 Å². The third-order valence-electron chi connectivity index (χ3n) is 7.82. The number of nitriles is 4. The van der Waals surface area contributed by atoms with Gasteiger partial charge in [0.05, 0.1) is 11.1 Å². The molecule has 0 spiro atoms. The Morgan fingerprint density at radius 1 is 0.609 bits per heavy atom. The van der Waals surface area contributed by atoms with Gasteiger partial charge >= 0.3 is 11.3 Å². The van der Waals surface area contributed by atoms with E-state index in [1.165, 1.54) is 12.1 Å². The van der Waals surface area contributed by atoms with Gasteiger partial charge in [0.25, 0.3) is 0 Å². The normalized spacial score (nSPS) is 10.7. The molecule has 0 saturated heterocycles. The minimum atomic E-state index is -0.790. The predicted octanol–water partition coefficient (Wildman–Crippen LogP) is 5.95. The molecule has 1 aromatic carbocycles. The van der Waals surface area contributed by atoms with Gasteiger partial charge in [0.2, 0.25) is 0 Å². The van der Waals surface area contributed by atoms with Crippen molar-refractivity contribution in [2.45, 2.75) is 39.5 Å². The first-order chi connectivity index (χ1) is 22.1. The lowest BCUT2D eigenvalue weighted by Crippen LogP contribution is -2.19. The summed E-state index contributed by atoms with van der Waals surface area (Å²) in [5, 5.41) is 40.1. The molecular weight excluding hydrogens is 576 g/mol. The van der Waals surface area contributed by atoms with Gasteiger partial charge in [0.1, 0.15) is 46.9 Å². The van der Waals surface area contributed by atoms with E-state index in [0.717, 1.165) is 11.1 Å². The van der Waals surface area contributed by atoms with Gasteiger partial charge in [-0.15, -0.1) is 0 Å². The van der Waals surface area contributed by atoms with Crippen LogP contribution in [0.3, 0.4) is 0 Å². The van der Waals surface area contributed by atoms with Gasteiger partial charge in [0, 0.05) is 27.5 Å². The van der Waals surface area contributed by atoms with Crippen LogP contribution in [0.4, 0.5) is 0 Å². The lowest BCUT2D eigenvalue weighted by molar-refractivity contribution is 0.543. The van der Waals surface area contributed by atoms with Crippen LogP contribution >= 0.6 is 0 Å². The zero-order valence-electron chi connectivity index (χ0n) is 25.5. The third-order valence-corrected chi connectivity index (χ3v) is 7.82. The van der Waals surface area contributed by atoms with E-state index in [4.69, 9.17) is 8.83 Å². The van der Waals surface area contributed by atoms with E-state index in [1.807, 2.05) is 70.2 Å². The molecule has 1 aromatic rings. The summed E-state index contributed by atoms with van der Waals surface area (Å²) in [6, 6.07) is 28.0. The number of hydrogen-bond acceptors (Lipinski definition) is 8. The molecule has 0 amide bonds. The van der Waals surface area contributed by atoms with Crippen molar-refractivity contribution in [3.8, 4) is 46.9 Å². The van der Waals surface area contributed by atoms with Crippen LogP contribution in [0.15, 0.2) is 96.8 Å². The lowest BCUT2D eigenvalue weighted by atomic mass is 9.85. The Balaban J connectivity index is 2.06. The van der Waals surface area contributed by atoms with E-state index in [1.54, 1.807) is 42.5 Å². The smallest absolute Gasteiger partial charge is 0.345 e. The van der Waals surface area contributed by atoms with Crippen molar-refractivity contribution in [3.63, 3.8) is 0 Å². The maximum atomic E-state index is 13.9. The average molecular weight is 603 g/mol. The fourth-order valence-electron chi connectivity index (χ4n) is 5.41. The standard InChI is InChI=1S/C38H26N4O4/c1-21(2)25-7-5-9-31-29(15-25)35(37(43)45-31)33(24-13-11-23(12-14-24)27(17-39)18-40)34(28(19-41)20-42)36-30-16-26(22(3)4)8-6-10-32(30)46-38(36)44/h5-16,21-22H,1-4H3. The molecular formula is C38H26N4O4. The molecule has 8 nitrogen and oxygen atoms in total. The molecule has 0 aromatic heterocycles. The summed E-state index contributed by atoms with van der Waals surface area (Å²) in [7, 11) is 0. The Bertz CT molecular complexity index is 2360. The first-order valence-corrected chi connectivity index (χ1v) is 14.5. The highest BCUT2D eigenvalue weighted by molar-refractivity contribution is 6.12. The van der Waals surface area contributed by atoms with Gasteiger partial charge < -0.3 is 8.83 Å². The van der Waals surface area contributed by atoms with Gasteiger partial charge in [-0.1, -0.05) is 76.2 Å². The number of hydrogen-bond donors (Lipinski definition) is 0. The lowest BCUT2D eigenvalue weighted by Gasteiger charge is -2.13.